The topological polar surface area (TPSA) is 92.7 Å². The van der Waals surface area contributed by atoms with E-state index in [2.05, 4.69) is 15.2 Å². The highest BCUT2D eigenvalue weighted by atomic mass is 16.5. The molecule has 2 fully saturated rings. The van der Waals surface area contributed by atoms with Gasteiger partial charge in [-0.1, -0.05) is 0 Å². The van der Waals surface area contributed by atoms with E-state index in [1.165, 1.54) is 0 Å². The number of ether oxygens (including phenoxy) is 2. The number of fused-ring (bicyclic) bond motifs is 3. The molecule has 3 aliphatic rings. The summed E-state index contributed by atoms with van der Waals surface area (Å²) >= 11 is 0. The first-order valence-electron chi connectivity index (χ1n) is 12.6. The molecule has 1 aliphatic carbocycles. The Kier molecular flexibility index (Phi) is 6.63. The van der Waals surface area contributed by atoms with E-state index in [0.29, 0.717) is 30.3 Å². The predicted octanol–water partition coefficient (Wildman–Crippen LogP) is 2.23. The van der Waals surface area contributed by atoms with Crippen molar-refractivity contribution in [3.8, 4) is 17.3 Å². The number of likely N-dealkylation sites (N-methyl/N-ethyl adjacent to an activating group) is 1. The van der Waals surface area contributed by atoms with Gasteiger partial charge in [0.25, 0.3) is 0 Å². The maximum absolute atomic E-state index is 12.5. The van der Waals surface area contributed by atoms with Gasteiger partial charge in [-0.2, -0.15) is 0 Å². The molecule has 35 heavy (non-hydrogen) atoms. The number of hydrogen-bond donors (Lipinski definition) is 1. The largest absolute Gasteiger partial charge is 0.492 e. The lowest BCUT2D eigenvalue weighted by Gasteiger charge is -2.26. The fourth-order valence-electron chi connectivity index (χ4n) is 5.25. The fraction of sp³-hybridized carbons (Fsp3) is 0.615. The molecule has 9 heteroatoms. The van der Waals surface area contributed by atoms with Crippen LogP contribution in [0.1, 0.15) is 44.9 Å². The number of likely N-dealkylation sites (tertiary alicyclic amines) is 1. The molecule has 2 atom stereocenters. The van der Waals surface area contributed by atoms with Crippen molar-refractivity contribution in [3.63, 3.8) is 0 Å². The summed E-state index contributed by atoms with van der Waals surface area (Å²) in [5.41, 5.74) is 2.59. The van der Waals surface area contributed by atoms with Crippen LogP contribution < -0.4 is 15.0 Å². The molecule has 0 radical (unpaired) electrons. The van der Waals surface area contributed by atoms with Gasteiger partial charge in [0.2, 0.25) is 5.91 Å². The Bertz CT molecular complexity index is 1090. The van der Waals surface area contributed by atoms with Crippen LogP contribution in [0.3, 0.4) is 0 Å². The standard InChI is InChI=1S/C26H36N6O3/c1-26(2,3)30-23(33)15-31(4)25-20-6-5-7-21(20)28-24(29-25)22-13-18(8-9-27-22)34-11-10-32-14-19-12-17(32)16-35-19/h8-9,13,17,19H,5-7,10-12,14-16H2,1-4H3,(H,30,33)/t17-,19-/m0/s1. The van der Waals surface area contributed by atoms with Crippen molar-refractivity contribution in [1.29, 1.82) is 0 Å². The van der Waals surface area contributed by atoms with Crippen molar-refractivity contribution in [2.24, 2.45) is 0 Å². The molecule has 1 N–H and O–H groups in total. The smallest absolute Gasteiger partial charge is 0.239 e. The molecule has 0 spiro atoms. The van der Waals surface area contributed by atoms with E-state index < -0.39 is 0 Å². The summed E-state index contributed by atoms with van der Waals surface area (Å²) in [7, 11) is 1.91. The van der Waals surface area contributed by atoms with Crippen LogP contribution in [0.4, 0.5) is 5.82 Å². The minimum atomic E-state index is -0.275. The van der Waals surface area contributed by atoms with E-state index in [4.69, 9.17) is 19.4 Å². The molecule has 0 unspecified atom stereocenters. The number of amides is 1. The molecule has 2 saturated heterocycles. The Labute approximate surface area is 207 Å². The molecule has 0 saturated carbocycles. The second-order valence-corrected chi connectivity index (χ2v) is 10.9. The molecular weight excluding hydrogens is 444 g/mol. The SMILES string of the molecule is CN(CC(=O)NC(C)(C)C)c1nc(-c2cc(OCCN3C[C@@H]4C[C@H]3CO4)ccn2)nc2c1CCC2. The third kappa shape index (κ3) is 5.56. The van der Waals surface area contributed by atoms with Gasteiger partial charge < -0.3 is 19.7 Å². The zero-order chi connectivity index (χ0) is 24.6. The molecule has 1 amide bonds. The van der Waals surface area contributed by atoms with Crippen LogP contribution in [0.15, 0.2) is 18.3 Å². The average Bonchev–Trinajstić information content (AvgIpc) is 3.54. The maximum Gasteiger partial charge on any atom is 0.239 e. The lowest BCUT2D eigenvalue weighted by Crippen LogP contribution is -2.45. The number of nitrogens with zero attached hydrogens (tertiary/aromatic N) is 5. The van der Waals surface area contributed by atoms with Crippen LogP contribution in [0.5, 0.6) is 5.75 Å². The Hall–Kier alpha value is -2.78. The van der Waals surface area contributed by atoms with Crippen LogP contribution in [-0.4, -0.2) is 83.3 Å². The number of aromatic nitrogens is 3. The maximum atomic E-state index is 12.5. The van der Waals surface area contributed by atoms with E-state index in [9.17, 15) is 4.79 Å². The van der Waals surface area contributed by atoms with Gasteiger partial charge in [0.05, 0.1) is 19.3 Å². The van der Waals surface area contributed by atoms with Gasteiger partial charge in [-0.25, -0.2) is 9.97 Å². The molecule has 188 valence electrons. The molecule has 4 heterocycles. The number of rotatable bonds is 8. The van der Waals surface area contributed by atoms with E-state index in [1.807, 2.05) is 44.9 Å². The van der Waals surface area contributed by atoms with Crippen molar-refractivity contribution in [2.45, 2.75) is 64.1 Å². The van der Waals surface area contributed by atoms with E-state index in [1.54, 1.807) is 6.20 Å². The Balaban J connectivity index is 1.29. The number of hydrogen-bond acceptors (Lipinski definition) is 8. The van der Waals surface area contributed by atoms with Crippen LogP contribution in [0.25, 0.3) is 11.5 Å². The highest BCUT2D eigenvalue weighted by Gasteiger charge is 2.38. The zero-order valence-corrected chi connectivity index (χ0v) is 21.2. The highest BCUT2D eigenvalue weighted by molar-refractivity contribution is 5.82. The number of aryl methyl sites for hydroxylation is 1. The van der Waals surface area contributed by atoms with Crippen molar-refractivity contribution in [3.05, 3.63) is 29.6 Å². The van der Waals surface area contributed by atoms with Gasteiger partial charge in [0.15, 0.2) is 5.82 Å². The minimum Gasteiger partial charge on any atom is -0.492 e. The Morgan fingerprint density at radius 2 is 2.17 bits per heavy atom. The first kappa shape index (κ1) is 23.9. The molecule has 2 aromatic heterocycles. The van der Waals surface area contributed by atoms with Gasteiger partial charge >= 0.3 is 0 Å². The first-order valence-corrected chi connectivity index (χ1v) is 12.6. The summed E-state index contributed by atoms with van der Waals surface area (Å²) in [6, 6.07) is 4.32. The van der Waals surface area contributed by atoms with Crippen LogP contribution in [0, 0.1) is 0 Å². The number of pyridine rings is 1. The first-order chi connectivity index (χ1) is 16.7. The molecule has 2 bridgehead atoms. The normalized spacial score (nSPS) is 21.3. The van der Waals surface area contributed by atoms with Crippen molar-refractivity contribution in [1.82, 2.24) is 25.2 Å². The van der Waals surface area contributed by atoms with Gasteiger partial charge in [-0.05, 0) is 52.5 Å². The highest BCUT2D eigenvalue weighted by Crippen LogP contribution is 2.31. The number of carbonyl (C=O) groups is 1. The summed E-state index contributed by atoms with van der Waals surface area (Å²) in [6.45, 7) is 9.54. The van der Waals surface area contributed by atoms with E-state index in [-0.39, 0.29) is 18.0 Å². The third-order valence-electron chi connectivity index (χ3n) is 6.79. The van der Waals surface area contributed by atoms with Crippen molar-refractivity contribution in [2.75, 3.05) is 44.8 Å². The summed E-state index contributed by atoms with van der Waals surface area (Å²) in [4.78, 5) is 31.2. The molecular formula is C26H36N6O3. The van der Waals surface area contributed by atoms with Crippen LogP contribution in [0.2, 0.25) is 0 Å². The lowest BCUT2D eigenvalue weighted by molar-refractivity contribution is -0.121. The monoisotopic (exact) mass is 480 g/mol. The summed E-state index contributed by atoms with van der Waals surface area (Å²) in [5, 5.41) is 3.03. The second kappa shape index (κ2) is 9.70. The summed E-state index contributed by atoms with van der Waals surface area (Å²) in [6.07, 6.45) is 6.17. The summed E-state index contributed by atoms with van der Waals surface area (Å²) in [5.74, 6) is 2.12. The minimum absolute atomic E-state index is 0.0294. The van der Waals surface area contributed by atoms with E-state index >= 15 is 0 Å². The average molecular weight is 481 g/mol. The number of anilines is 1. The zero-order valence-electron chi connectivity index (χ0n) is 21.2. The van der Waals surface area contributed by atoms with Gasteiger partial charge in [0.1, 0.15) is 23.9 Å². The number of morpholine rings is 1. The van der Waals surface area contributed by atoms with Gasteiger partial charge in [-0.15, -0.1) is 0 Å². The number of carbonyl (C=O) groups excluding carboxylic acids is 1. The molecule has 0 aromatic carbocycles. The Morgan fingerprint density at radius 1 is 1.31 bits per heavy atom. The molecule has 9 nitrogen and oxygen atoms in total. The lowest BCUT2D eigenvalue weighted by atomic mass is 10.1. The van der Waals surface area contributed by atoms with Gasteiger partial charge in [-0.3, -0.25) is 14.7 Å². The van der Waals surface area contributed by atoms with Crippen molar-refractivity contribution >= 4 is 11.7 Å². The van der Waals surface area contributed by atoms with Crippen molar-refractivity contribution < 1.29 is 14.3 Å². The quantitative estimate of drug-likeness (QED) is 0.615. The van der Waals surface area contributed by atoms with Crippen LogP contribution in [-0.2, 0) is 22.4 Å². The third-order valence-corrected chi connectivity index (χ3v) is 6.79. The van der Waals surface area contributed by atoms with Crippen LogP contribution >= 0.6 is 0 Å². The molecule has 5 rings (SSSR count). The second-order valence-electron chi connectivity index (χ2n) is 10.9. The molecule has 2 aromatic rings. The predicted molar refractivity (Wildman–Crippen MR) is 134 cm³/mol. The molecule has 2 aliphatic heterocycles. The summed E-state index contributed by atoms with van der Waals surface area (Å²) < 4.78 is 11.7. The fourth-order valence-corrected chi connectivity index (χ4v) is 5.25. The van der Waals surface area contributed by atoms with Gasteiger partial charge in [0, 0.05) is 55.2 Å². The Morgan fingerprint density at radius 3 is 2.91 bits per heavy atom. The van der Waals surface area contributed by atoms with E-state index in [0.717, 1.165) is 68.2 Å². The number of nitrogens with one attached hydrogen (secondary N) is 1.